The van der Waals surface area contributed by atoms with Crippen molar-refractivity contribution in [3.8, 4) is 0 Å². The van der Waals surface area contributed by atoms with E-state index in [0.717, 1.165) is 51.6 Å². The molecule has 0 aromatic carbocycles. The number of imidazole rings is 1. The van der Waals surface area contributed by atoms with E-state index in [-0.39, 0.29) is 0 Å². The zero-order valence-corrected chi connectivity index (χ0v) is 12.0. The second-order valence-electron chi connectivity index (χ2n) is 4.54. The monoisotopic (exact) mass is 277 g/mol. The van der Waals surface area contributed by atoms with Crippen LogP contribution in [0.25, 0.3) is 0 Å². The molecule has 6 heteroatoms. The minimum absolute atomic E-state index is 0.780. The van der Waals surface area contributed by atoms with Gasteiger partial charge < -0.3 is 14.6 Å². The fourth-order valence-electron chi connectivity index (χ4n) is 2.01. The Balaban J connectivity index is 1.66. The standard InChI is InChI=1S/C14H23N5O/c1-2-20-13-5-9-18-12-8-16-14(18)15-6-3-10-19-11-4-7-17-19/h4,7-8,11-12H,2-3,5-6,9-10,13H2,1H3,(H,15,16). The lowest BCUT2D eigenvalue weighted by Gasteiger charge is -2.10. The maximum atomic E-state index is 5.35. The van der Waals surface area contributed by atoms with Crippen LogP contribution in [0.4, 0.5) is 5.95 Å². The summed E-state index contributed by atoms with van der Waals surface area (Å²) in [5, 5.41) is 7.55. The number of aromatic nitrogens is 4. The first-order chi connectivity index (χ1) is 9.90. The number of nitrogens with zero attached hydrogens (tertiary/aromatic N) is 4. The molecule has 0 fully saturated rings. The molecule has 0 atom stereocenters. The van der Waals surface area contributed by atoms with Crippen LogP contribution < -0.4 is 5.32 Å². The zero-order valence-electron chi connectivity index (χ0n) is 12.0. The van der Waals surface area contributed by atoms with E-state index < -0.39 is 0 Å². The summed E-state index contributed by atoms with van der Waals surface area (Å²) < 4.78 is 9.42. The first kappa shape index (κ1) is 14.6. The van der Waals surface area contributed by atoms with Crippen LogP contribution in [-0.4, -0.2) is 39.1 Å². The molecule has 2 aromatic heterocycles. The van der Waals surface area contributed by atoms with Crippen molar-refractivity contribution in [1.29, 1.82) is 0 Å². The van der Waals surface area contributed by atoms with Gasteiger partial charge in [0.2, 0.25) is 5.95 Å². The van der Waals surface area contributed by atoms with Crippen molar-refractivity contribution in [2.75, 3.05) is 25.1 Å². The molecule has 0 amide bonds. The van der Waals surface area contributed by atoms with Crippen LogP contribution in [0.2, 0.25) is 0 Å². The van der Waals surface area contributed by atoms with Gasteiger partial charge in [-0.25, -0.2) is 4.98 Å². The first-order valence-electron chi connectivity index (χ1n) is 7.20. The molecule has 2 rings (SSSR count). The molecule has 0 saturated heterocycles. The Labute approximate surface area is 119 Å². The second-order valence-corrected chi connectivity index (χ2v) is 4.54. The molecule has 0 unspecified atom stereocenters. The van der Waals surface area contributed by atoms with Gasteiger partial charge in [0.15, 0.2) is 0 Å². The third kappa shape index (κ3) is 4.70. The lowest BCUT2D eigenvalue weighted by molar-refractivity contribution is 0.142. The molecule has 0 bridgehead atoms. The maximum Gasteiger partial charge on any atom is 0.202 e. The molecular formula is C14H23N5O. The maximum absolute atomic E-state index is 5.35. The molecule has 2 aromatic rings. The van der Waals surface area contributed by atoms with Crippen LogP contribution in [0.3, 0.4) is 0 Å². The topological polar surface area (TPSA) is 56.9 Å². The molecule has 0 aliphatic heterocycles. The first-order valence-corrected chi connectivity index (χ1v) is 7.20. The lowest BCUT2D eigenvalue weighted by atomic mass is 10.4. The van der Waals surface area contributed by atoms with Gasteiger partial charge in [0, 0.05) is 57.6 Å². The molecule has 0 saturated carbocycles. The molecule has 20 heavy (non-hydrogen) atoms. The van der Waals surface area contributed by atoms with Gasteiger partial charge in [0.05, 0.1) is 0 Å². The van der Waals surface area contributed by atoms with E-state index >= 15 is 0 Å². The fraction of sp³-hybridized carbons (Fsp3) is 0.571. The SMILES string of the molecule is CCOCCCn1ccnc1NCCCn1cccn1. The predicted molar refractivity (Wildman–Crippen MR) is 78.7 cm³/mol. The van der Waals surface area contributed by atoms with Crippen molar-refractivity contribution in [1.82, 2.24) is 19.3 Å². The lowest BCUT2D eigenvalue weighted by Crippen LogP contribution is -2.12. The van der Waals surface area contributed by atoms with Crippen LogP contribution in [0.1, 0.15) is 19.8 Å². The van der Waals surface area contributed by atoms with Crippen LogP contribution >= 0.6 is 0 Å². The molecule has 0 aliphatic rings. The Morgan fingerprint density at radius 3 is 2.95 bits per heavy atom. The molecule has 6 nitrogen and oxygen atoms in total. The van der Waals surface area contributed by atoms with Crippen molar-refractivity contribution >= 4 is 5.95 Å². The quantitative estimate of drug-likeness (QED) is 0.675. The number of ether oxygens (including phenoxy) is 1. The van der Waals surface area contributed by atoms with Gasteiger partial charge in [-0.2, -0.15) is 5.10 Å². The van der Waals surface area contributed by atoms with Crippen molar-refractivity contribution in [3.63, 3.8) is 0 Å². The van der Waals surface area contributed by atoms with Gasteiger partial charge in [0.25, 0.3) is 0 Å². The molecular weight excluding hydrogens is 254 g/mol. The molecule has 2 heterocycles. The smallest absolute Gasteiger partial charge is 0.202 e. The average molecular weight is 277 g/mol. The summed E-state index contributed by atoms with van der Waals surface area (Å²) in [5.41, 5.74) is 0. The van der Waals surface area contributed by atoms with Crippen molar-refractivity contribution in [2.24, 2.45) is 0 Å². The van der Waals surface area contributed by atoms with E-state index in [1.807, 2.05) is 36.3 Å². The van der Waals surface area contributed by atoms with Gasteiger partial charge in [-0.1, -0.05) is 0 Å². The van der Waals surface area contributed by atoms with Gasteiger partial charge in [-0.15, -0.1) is 0 Å². The van der Waals surface area contributed by atoms with E-state index in [0.29, 0.717) is 0 Å². The van der Waals surface area contributed by atoms with E-state index in [1.54, 1.807) is 6.20 Å². The fourth-order valence-corrected chi connectivity index (χ4v) is 2.01. The highest BCUT2D eigenvalue weighted by Crippen LogP contribution is 2.05. The van der Waals surface area contributed by atoms with E-state index in [2.05, 4.69) is 20.0 Å². The Morgan fingerprint density at radius 1 is 1.20 bits per heavy atom. The third-order valence-corrected chi connectivity index (χ3v) is 3.01. The second kappa shape index (κ2) is 8.37. The highest BCUT2D eigenvalue weighted by atomic mass is 16.5. The summed E-state index contributed by atoms with van der Waals surface area (Å²) in [4.78, 5) is 4.34. The van der Waals surface area contributed by atoms with Crippen molar-refractivity contribution in [3.05, 3.63) is 30.9 Å². The van der Waals surface area contributed by atoms with Crippen LogP contribution in [0, 0.1) is 0 Å². The predicted octanol–water partition coefficient (Wildman–Crippen LogP) is 2.01. The Morgan fingerprint density at radius 2 is 2.15 bits per heavy atom. The summed E-state index contributed by atoms with van der Waals surface area (Å²) in [7, 11) is 0. The summed E-state index contributed by atoms with van der Waals surface area (Å²) in [5.74, 6) is 0.932. The van der Waals surface area contributed by atoms with Gasteiger partial charge >= 0.3 is 0 Å². The van der Waals surface area contributed by atoms with E-state index in [4.69, 9.17) is 4.74 Å². The summed E-state index contributed by atoms with van der Waals surface area (Å²) in [6.45, 7) is 6.34. The number of rotatable bonds is 10. The van der Waals surface area contributed by atoms with E-state index in [9.17, 15) is 0 Å². The third-order valence-electron chi connectivity index (χ3n) is 3.01. The minimum atomic E-state index is 0.780. The highest BCUT2D eigenvalue weighted by molar-refractivity contribution is 5.25. The molecule has 1 N–H and O–H groups in total. The van der Waals surface area contributed by atoms with Crippen LogP contribution in [-0.2, 0) is 17.8 Å². The Bertz CT molecular complexity index is 466. The number of hydrogen-bond acceptors (Lipinski definition) is 4. The number of aryl methyl sites for hydroxylation is 2. The number of nitrogens with one attached hydrogen (secondary N) is 1. The number of hydrogen-bond donors (Lipinski definition) is 1. The highest BCUT2D eigenvalue weighted by Gasteiger charge is 2.01. The summed E-state index contributed by atoms with van der Waals surface area (Å²) in [6.07, 6.45) is 9.64. The van der Waals surface area contributed by atoms with Crippen LogP contribution in [0.5, 0.6) is 0 Å². The van der Waals surface area contributed by atoms with Gasteiger partial charge in [0.1, 0.15) is 0 Å². The van der Waals surface area contributed by atoms with Crippen LogP contribution in [0.15, 0.2) is 30.9 Å². The Kier molecular flexibility index (Phi) is 6.10. The van der Waals surface area contributed by atoms with Gasteiger partial charge in [-0.05, 0) is 25.8 Å². The van der Waals surface area contributed by atoms with Crippen molar-refractivity contribution < 1.29 is 4.74 Å². The normalized spacial score (nSPS) is 10.8. The molecule has 0 radical (unpaired) electrons. The zero-order chi connectivity index (χ0) is 14.0. The van der Waals surface area contributed by atoms with Gasteiger partial charge in [-0.3, -0.25) is 4.68 Å². The minimum Gasteiger partial charge on any atom is -0.382 e. The summed E-state index contributed by atoms with van der Waals surface area (Å²) in [6, 6.07) is 1.94. The largest absolute Gasteiger partial charge is 0.382 e. The van der Waals surface area contributed by atoms with E-state index in [1.165, 1.54) is 0 Å². The molecule has 110 valence electrons. The Hall–Kier alpha value is -1.82. The average Bonchev–Trinajstić information content (AvgIpc) is 3.11. The number of anilines is 1. The summed E-state index contributed by atoms with van der Waals surface area (Å²) >= 11 is 0. The van der Waals surface area contributed by atoms with Crippen molar-refractivity contribution in [2.45, 2.75) is 32.9 Å². The molecule has 0 spiro atoms. The molecule has 0 aliphatic carbocycles.